The summed E-state index contributed by atoms with van der Waals surface area (Å²) in [7, 11) is -3.68. The predicted molar refractivity (Wildman–Crippen MR) is 93.2 cm³/mol. The maximum atomic E-state index is 13.4. The van der Waals surface area contributed by atoms with Crippen molar-refractivity contribution in [2.75, 3.05) is 18.8 Å². The van der Waals surface area contributed by atoms with Gasteiger partial charge in [0.05, 0.1) is 12.3 Å². The Morgan fingerprint density at radius 2 is 2.05 bits per heavy atom. The molecule has 118 valence electrons. The molecular formula is C13H19FIN3O2S. The zero-order chi connectivity index (χ0) is 15.2. The summed E-state index contributed by atoms with van der Waals surface area (Å²) in [6.07, 6.45) is 0. The molecule has 0 heterocycles. The third kappa shape index (κ3) is 6.89. The second-order valence-corrected chi connectivity index (χ2v) is 6.41. The van der Waals surface area contributed by atoms with Crippen molar-refractivity contribution in [3.63, 3.8) is 0 Å². The number of sulfone groups is 1. The van der Waals surface area contributed by atoms with Gasteiger partial charge in [0.15, 0.2) is 15.8 Å². The number of hydrogen-bond acceptors (Lipinski definition) is 3. The standard InChI is InChI=1S/C13H18FN3O2S.HI/c1-10(2)9-17-13(15)16-7-8-20(18,19)12-6-4-3-5-11(12)14;/h3-6H,1,7-9H2,2H3,(H3,15,16,17);1H. The number of aliphatic imine (C=N–C) groups is 1. The number of benzene rings is 1. The van der Waals surface area contributed by atoms with E-state index in [4.69, 9.17) is 5.73 Å². The van der Waals surface area contributed by atoms with Crippen LogP contribution in [0.25, 0.3) is 0 Å². The fourth-order valence-electron chi connectivity index (χ4n) is 1.40. The minimum Gasteiger partial charge on any atom is -0.370 e. The molecule has 0 amide bonds. The molecule has 0 atom stereocenters. The summed E-state index contributed by atoms with van der Waals surface area (Å²) in [6.45, 7) is 5.90. The van der Waals surface area contributed by atoms with E-state index in [2.05, 4.69) is 16.9 Å². The smallest absolute Gasteiger partial charge is 0.188 e. The van der Waals surface area contributed by atoms with Crippen LogP contribution >= 0.6 is 24.0 Å². The number of hydrogen-bond donors (Lipinski definition) is 2. The van der Waals surface area contributed by atoms with Crippen molar-refractivity contribution in [2.24, 2.45) is 10.7 Å². The minimum absolute atomic E-state index is 0. The first-order chi connectivity index (χ1) is 9.33. The summed E-state index contributed by atoms with van der Waals surface area (Å²) in [6, 6.07) is 5.27. The number of halogens is 2. The van der Waals surface area contributed by atoms with Crippen molar-refractivity contribution in [1.82, 2.24) is 5.32 Å². The molecule has 5 nitrogen and oxygen atoms in total. The van der Waals surface area contributed by atoms with Gasteiger partial charge in [0.2, 0.25) is 0 Å². The molecule has 0 aromatic heterocycles. The predicted octanol–water partition coefficient (Wildman–Crippen LogP) is 1.70. The van der Waals surface area contributed by atoms with Crippen molar-refractivity contribution < 1.29 is 12.8 Å². The number of nitrogens with two attached hydrogens (primary N) is 1. The average molecular weight is 427 g/mol. The molecule has 21 heavy (non-hydrogen) atoms. The Balaban J connectivity index is 0.00000400. The Morgan fingerprint density at radius 3 is 2.62 bits per heavy atom. The second-order valence-electron chi connectivity index (χ2n) is 4.33. The van der Waals surface area contributed by atoms with E-state index < -0.39 is 15.7 Å². The van der Waals surface area contributed by atoms with E-state index in [1.54, 1.807) is 6.92 Å². The highest BCUT2D eigenvalue weighted by Gasteiger charge is 2.18. The molecule has 0 saturated heterocycles. The van der Waals surface area contributed by atoms with Gasteiger partial charge in [-0.25, -0.2) is 17.8 Å². The van der Waals surface area contributed by atoms with E-state index >= 15 is 0 Å². The van der Waals surface area contributed by atoms with Crippen LogP contribution in [0.5, 0.6) is 0 Å². The van der Waals surface area contributed by atoms with Crippen LogP contribution in [0.3, 0.4) is 0 Å². The van der Waals surface area contributed by atoms with Crippen molar-refractivity contribution in [2.45, 2.75) is 11.8 Å². The van der Waals surface area contributed by atoms with Gasteiger partial charge in [-0.15, -0.1) is 24.0 Å². The van der Waals surface area contributed by atoms with Gasteiger partial charge in [-0.3, -0.25) is 0 Å². The molecule has 8 heteroatoms. The van der Waals surface area contributed by atoms with Gasteiger partial charge in [-0.05, 0) is 19.1 Å². The second kappa shape index (κ2) is 8.98. The third-order valence-electron chi connectivity index (χ3n) is 2.37. The number of guanidine groups is 1. The molecule has 0 unspecified atom stereocenters. The van der Waals surface area contributed by atoms with E-state index in [9.17, 15) is 12.8 Å². The molecule has 3 N–H and O–H groups in total. The molecular weight excluding hydrogens is 408 g/mol. The first-order valence-electron chi connectivity index (χ1n) is 5.98. The van der Waals surface area contributed by atoms with Gasteiger partial charge in [0.25, 0.3) is 0 Å². The van der Waals surface area contributed by atoms with Crippen LogP contribution in [-0.2, 0) is 9.84 Å². The zero-order valence-corrected chi connectivity index (χ0v) is 14.8. The van der Waals surface area contributed by atoms with Crippen LogP contribution < -0.4 is 11.1 Å². The topological polar surface area (TPSA) is 84.5 Å². The molecule has 0 bridgehead atoms. The van der Waals surface area contributed by atoms with E-state index in [0.717, 1.165) is 11.6 Å². The fourth-order valence-corrected chi connectivity index (χ4v) is 2.64. The van der Waals surface area contributed by atoms with E-state index in [1.165, 1.54) is 18.2 Å². The van der Waals surface area contributed by atoms with Crippen LogP contribution in [0.4, 0.5) is 4.39 Å². The summed E-state index contributed by atoms with van der Waals surface area (Å²) < 4.78 is 37.3. The molecule has 0 fully saturated rings. The van der Waals surface area contributed by atoms with Crippen molar-refractivity contribution in [1.29, 1.82) is 0 Å². The molecule has 1 aromatic carbocycles. The van der Waals surface area contributed by atoms with E-state index in [0.29, 0.717) is 6.54 Å². The van der Waals surface area contributed by atoms with Crippen LogP contribution in [-0.4, -0.2) is 33.2 Å². The monoisotopic (exact) mass is 427 g/mol. The van der Waals surface area contributed by atoms with E-state index in [-0.39, 0.29) is 47.1 Å². The van der Waals surface area contributed by atoms with Gasteiger partial charge >= 0.3 is 0 Å². The molecule has 0 aliphatic heterocycles. The molecule has 0 aliphatic carbocycles. The fraction of sp³-hybridized carbons (Fsp3) is 0.308. The van der Waals surface area contributed by atoms with E-state index in [1.807, 2.05) is 0 Å². The van der Waals surface area contributed by atoms with Crippen LogP contribution in [0.1, 0.15) is 6.92 Å². The van der Waals surface area contributed by atoms with Crippen molar-refractivity contribution in [3.05, 3.63) is 42.2 Å². The number of rotatable bonds is 6. The molecule has 1 aromatic rings. The van der Waals surface area contributed by atoms with Gasteiger partial charge in [0, 0.05) is 6.54 Å². The normalized spacial score (nSPS) is 11.6. The molecule has 0 saturated carbocycles. The maximum absolute atomic E-state index is 13.4. The highest BCUT2D eigenvalue weighted by atomic mass is 127. The van der Waals surface area contributed by atoms with Gasteiger partial charge < -0.3 is 11.1 Å². The lowest BCUT2D eigenvalue weighted by atomic mass is 10.3. The Labute approximate surface area is 141 Å². The first kappa shape index (κ1) is 19.8. The molecule has 0 spiro atoms. The van der Waals surface area contributed by atoms with Crippen LogP contribution in [0.15, 0.2) is 46.3 Å². The molecule has 0 radical (unpaired) electrons. The Bertz CT molecular complexity index is 618. The first-order valence-corrected chi connectivity index (χ1v) is 7.63. The summed E-state index contributed by atoms with van der Waals surface area (Å²) in [5, 5.41) is 2.67. The summed E-state index contributed by atoms with van der Waals surface area (Å²) in [5.74, 6) is -0.884. The lowest BCUT2D eigenvalue weighted by Crippen LogP contribution is -2.35. The van der Waals surface area contributed by atoms with Crippen LogP contribution in [0, 0.1) is 5.82 Å². The maximum Gasteiger partial charge on any atom is 0.188 e. The lowest BCUT2D eigenvalue weighted by molar-refractivity contribution is 0.566. The molecule has 0 aliphatic rings. The third-order valence-corrected chi connectivity index (χ3v) is 4.11. The summed E-state index contributed by atoms with van der Waals surface area (Å²) >= 11 is 0. The summed E-state index contributed by atoms with van der Waals surface area (Å²) in [5.41, 5.74) is 6.39. The number of nitrogens with one attached hydrogen (secondary N) is 1. The Kier molecular flexibility index (Phi) is 8.48. The number of nitrogens with zero attached hydrogens (tertiary/aromatic N) is 1. The van der Waals surface area contributed by atoms with Gasteiger partial charge in [0.1, 0.15) is 10.7 Å². The van der Waals surface area contributed by atoms with Gasteiger partial charge in [-0.2, -0.15) is 0 Å². The minimum atomic E-state index is -3.68. The highest BCUT2D eigenvalue weighted by Crippen LogP contribution is 2.14. The highest BCUT2D eigenvalue weighted by molar-refractivity contribution is 14.0. The Hall–Kier alpha value is -1.16. The molecule has 1 rings (SSSR count). The van der Waals surface area contributed by atoms with Crippen LogP contribution in [0.2, 0.25) is 0 Å². The van der Waals surface area contributed by atoms with Crippen molar-refractivity contribution in [3.8, 4) is 0 Å². The summed E-state index contributed by atoms with van der Waals surface area (Å²) in [4.78, 5) is 3.64. The largest absolute Gasteiger partial charge is 0.370 e. The zero-order valence-electron chi connectivity index (χ0n) is 11.7. The van der Waals surface area contributed by atoms with Gasteiger partial charge in [-0.1, -0.05) is 24.3 Å². The lowest BCUT2D eigenvalue weighted by Gasteiger charge is -2.07. The average Bonchev–Trinajstić information content (AvgIpc) is 2.36. The quantitative estimate of drug-likeness (QED) is 0.313. The van der Waals surface area contributed by atoms with Crippen molar-refractivity contribution >= 4 is 39.8 Å². The SMILES string of the molecule is C=C(C)CN=C(N)NCCS(=O)(=O)c1ccccc1F.I. The Morgan fingerprint density at radius 1 is 1.43 bits per heavy atom.